The number of esters is 1. The first-order valence-corrected chi connectivity index (χ1v) is 16.4. The van der Waals surface area contributed by atoms with Crippen LogP contribution in [0.3, 0.4) is 0 Å². The summed E-state index contributed by atoms with van der Waals surface area (Å²) in [6.45, 7) is 16.5. The van der Waals surface area contributed by atoms with Crippen molar-refractivity contribution in [2.45, 2.75) is 92.6 Å². The maximum atomic E-state index is 14.2. The summed E-state index contributed by atoms with van der Waals surface area (Å²) in [6.07, 6.45) is -0.00397. The van der Waals surface area contributed by atoms with Crippen molar-refractivity contribution in [3.05, 3.63) is 142 Å². The molecule has 0 fully saturated rings. The number of carbonyl (C=O) groups is 1. The Labute approximate surface area is 271 Å². The molecule has 0 amide bonds. The van der Waals surface area contributed by atoms with E-state index in [4.69, 9.17) is 4.74 Å². The third kappa shape index (κ3) is 8.93. The summed E-state index contributed by atoms with van der Waals surface area (Å²) in [7, 11) is 0. The molecule has 4 aromatic carbocycles. The quantitative estimate of drug-likeness (QED) is 0.146. The number of aliphatic hydroxyl groups is 1. The molecule has 4 heteroatoms. The second-order valence-corrected chi connectivity index (χ2v) is 12.9. The maximum Gasteiger partial charge on any atom is 0.312 e. The van der Waals surface area contributed by atoms with Gasteiger partial charge in [-0.15, -0.1) is 0 Å². The third-order valence-electron chi connectivity index (χ3n) is 9.40. The van der Waals surface area contributed by atoms with Gasteiger partial charge in [0.15, 0.2) is 0 Å². The van der Waals surface area contributed by atoms with Gasteiger partial charge in [0.05, 0.1) is 12.0 Å². The predicted molar refractivity (Wildman–Crippen MR) is 185 cm³/mol. The van der Waals surface area contributed by atoms with Crippen LogP contribution in [-0.4, -0.2) is 22.0 Å². The second-order valence-electron chi connectivity index (χ2n) is 12.9. The Kier molecular flexibility index (Phi) is 12.2. The van der Waals surface area contributed by atoms with E-state index < -0.39 is 18.1 Å². The summed E-state index contributed by atoms with van der Waals surface area (Å²) >= 11 is 0. The third-order valence-corrected chi connectivity index (χ3v) is 9.40. The van der Waals surface area contributed by atoms with Crippen LogP contribution in [0.15, 0.2) is 97.1 Å². The summed E-state index contributed by atoms with van der Waals surface area (Å²) in [5, 5.41) is 11.5. The van der Waals surface area contributed by atoms with E-state index in [0.717, 1.165) is 24.1 Å². The Balaban J connectivity index is 1.73. The fourth-order valence-electron chi connectivity index (χ4n) is 6.34. The lowest BCUT2D eigenvalue weighted by molar-refractivity contribution is -0.163. The molecular formula is C41H51NO3. The zero-order chi connectivity index (χ0) is 32.5. The zero-order valence-corrected chi connectivity index (χ0v) is 28.2. The highest BCUT2D eigenvalue weighted by atomic mass is 16.5. The van der Waals surface area contributed by atoms with Crippen LogP contribution >= 0.6 is 0 Å². The lowest BCUT2D eigenvalue weighted by Crippen LogP contribution is -2.40. The Morgan fingerprint density at radius 2 is 1.31 bits per heavy atom. The average molecular weight is 606 g/mol. The van der Waals surface area contributed by atoms with Crippen LogP contribution in [0, 0.1) is 39.5 Å². The van der Waals surface area contributed by atoms with Gasteiger partial charge >= 0.3 is 5.97 Å². The predicted octanol–water partition coefficient (Wildman–Crippen LogP) is 9.38. The number of rotatable bonds is 14. The van der Waals surface area contributed by atoms with Crippen molar-refractivity contribution in [2.75, 3.05) is 0 Å². The average Bonchev–Trinajstić information content (AvgIpc) is 3.04. The van der Waals surface area contributed by atoms with Gasteiger partial charge in [0.2, 0.25) is 0 Å². The molecule has 45 heavy (non-hydrogen) atoms. The molecule has 0 saturated heterocycles. The molecular weight excluding hydrogens is 554 g/mol. The molecule has 4 rings (SSSR count). The van der Waals surface area contributed by atoms with Gasteiger partial charge in [0.25, 0.3) is 0 Å². The highest BCUT2D eigenvalue weighted by molar-refractivity contribution is 5.74. The van der Waals surface area contributed by atoms with Crippen molar-refractivity contribution in [2.24, 2.45) is 11.8 Å². The van der Waals surface area contributed by atoms with E-state index in [0.29, 0.717) is 13.0 Å². The molecule has 5 atom stereocenters. The Hall–Kier alpha value is -3.73. The minimum absolute atomic E-state index is 0.158. The first kappa shape index (κ1) is 34.1. The Morgan fingerprint density at radius 1 is 0.756 bits per heavy atom. The van der Waals surface area contributed by atoms with Gasteiger partial charge in [0, 0.05) is 19.1 Å². The molecule has 0 heterocycles. The second kappa shape index (κ2) is 16.0. The van der Waals surface area contributed by atoms with Gasteiger partial charge in [-0.3, -0.25) is 9.69 Å². The number of nitrogens with zero attached hydrogens (tertiary/aromatic N) is 1. The van der Waals surface area contributed by atoms with E-state index >= 15 is 0 Å². The fraction of sp³-hybridized carbons (Fsp3) is 0.390. The highest BCUT2D eigenvalue weighted by Crippen LogP contribution is 2.35. The summed E-state index contributed by atoms with van der Waals surface area (Å²) in [4.78, 5) is 16.7. The molecule has 1 N–H and O–H groups in total. The van der Waals surface area contributed by atoms with Crippen molar-refractivity contribution in [1.29, 1.82) is 0 Å². The number of benzene rings is 4. The van der Waals surface area contributed by atoms with Crippen LogP contribution < -0.4 is 0 Å². The lowest BCUT2D eigenvalue weighted by atomic mass is 9.86. The largest absolute Gasteiger partial charge is 0.456 e. The molecule has 0 saturated carbocycles. The number of hydrogen-bond donors (Lipinski definition) is 1. The van der Waals surface area contributed by atoms with E-state index in [1.165, 1.54) is 33.4 Å². The number of carbonyl (C=O) groups excluding carboxylic acids is 1. The van der Waals surface area contributed by atoms with Crippen molar-refractivity contribution < 1.29 is 14.6 Å². The Morgan fingerprint density at radius 3 is 1.89 bits per heavy atom. The summed E-state index contributed by atoms with van der Waals surface area (Å²) < 4.78 is 6.57. The molecule has 0 aromatic heterocycles. The maximum absolute atomic E-state index is 14.2. The van der Waals surface area contributed by atoms with Gasteiger partial charge < -0.3 is 9.84 Å². The van der Waals surface area contributed by atoms with Crippen LogP contribution in [0.1, 0.15) is 90.3 Å². The highest BCUT2D eigenvalue weighted by Gasteiger charge is 2.36. The minimum Gasteiger partial charge on any atom is -0.456 e. The van der Waals surface area contributed by atoms with Crippen LogP contribution in [-0.2, 0) is 22.6 Å². The summed E-state index contributed by atoms with van der Waals surface area (Å²) in [5.74, 6) is -0.767. The molecule has 0 aliphatic heterocycles. The fourth-order valence-corrected chi connectivity index (χ4v) is 6.34. The first-order valence-electron chi connectivity index (χ1n) is 16.4. The van der Waals surface area contributed by atoms with Crippen LogP contribution in [0.5, 0.6) is 0 Å². The normalized spacial score (nSPS) is 14.9. The summed E-state index contributed by atoms with van der Waals surface area (Å²) in [5.41, 5.74) is 9.25. The summed E-state index contributed by atoms with van der Waals surface area (Å²) in [6, 6.07) is 32.4. The van der Waals surface area contributed by atoms with Crippen molar-refractivity contribution in [1.82, 2.24) is 4.90 Å². The lowest BCUT2D eigenvalue weighted by Gasteiger charge is -2.37. The smallest absolute Gasteiger partial charge is 0.312 e. The molecule has 0 bridgehead atoms. The molecule has 0 spiro atoms. The molecule has 4 nitrogen and oxygen atoms in total. The van der Waals surface area contributed by atoms with Gasteiger partial charge in [0.1, 0.15) is 6.10 Å². The first-order chi connectivity index (χ1) is 21.6. The minimum atomic E-state index is -0.944. The number of hydrogen-bond acceptors (Lipinski definition) is 4. The van der Waals surface area contributed by atoms with Gasteiger partial charge in [-0.25, -0.2) is 0 Å². The van der Waals surface area contributed by atoms with E-state index in [-0.39, 0.29) is 17.9 Å². The number of ether oxygens (including phenoxy) is 1. The van der Waals surface area contributed by atoms with Crippen molar-refractivity contribution in [3.63, 3.8) is 0 Å². The molecule has 0 aliphatic rings. The van der Waals surface area contributed by atoms with Crippen molar-refractivity contribution >= 4 is 5.97 Å². The number of aryl methyl sites for hydroxylation is 4. The standard InChI is InChI=1S/C41H51NO3/c1-8-28(2)25-37(39(43)34-18-11-9-12-19-34)41(44)45-40(35-20-13-10-14-21-35)33(7)42(26-36-22-16-15-17-30(36)4)27-38-31(5)23-29(3)24-32(38)6/h9-24,28,33,37,39-40,43H,8,25-27H2,1-7H3/t28-,33-,37?,39?,40-/m0/s1. The monoisotopic (exact) mass is 605 g/mol. The van der Waals surface area contributed by atoms with Crippen LogP contribution in [0.4, 0.5) is 0 Å². The van der Waals surface area contributed by atoms with Crippen molar-refractivity contribution in [3.8, 4) is 0 Å². The van der Waals surface area contributed by atoms with Gasteiger partial charge in [-0.05, 0) is 85.9 Å². The van der Waals surface area contributed by atoms with Crippen LogP contribution in [0.2, 0.25) is 0 Å². The van der Waals surface area contributed by atoms with E-state index in [2.05, 4.69) is 89.8 Å². The van der Waals surface area contributed by atoms with Gasteiger partial charge in [-0.1, -0.05) is 123 Å². The van der Waals surface area contributed by atoms with E-state index in [9.17, 15) is 9.90 Å². The van der Waals surface area contributed by atoms with Gasteiger partial charge in [-0.2, -0.15) is 0 Å². The van der Waals surface area contributed by atoms with E-state index in [1.807, 2.05) is 60.7 Å². The van der Waals surface area contributed by atoms with E-state index in [1.54, 1.807) is 0 Å². The molecule has 2 unspecified atom stereocenters. The molecule has 238 valence electrons. The molecule has 0 aliphatic carbocycles. The molecule has 0 radical (unpaired) electrons. The zero-order valence-electron chi connectivity index (χ0n) is 28.2. The topological polar surface area (TPSA) is 49.8 Å². The number of aliphatic hydroxyl groups excluding tert-OH is 1. The Bertz CT molecular complexity index is 1490. The SMILES string of the molecule is CC[C@H](C)CC(C(=O)O[C@H](c1ccccc1)[C@H](C)N(Cc1ccccc1C)Cc1c(C)cc(C)cc1C)C(O)c1ccccc1. The van der Waals surface area contributed by atoms with Crippen LogP contribution in [0.25, 0.3) is 0 Å². The molecule has 4 aromatic rings.